The van der Waals surface area contributed by atoms with Crippen LogP contribution in [0.3, 0.4) is 0 Å². The molecule has 1 N–H and O–H groups in total. The minimum atomic E-state index is -3.30. The Kier molecular flexibility index (Phi) is 6.03. The van der Waals surface area contributed by atoms with Crippen LogP contribution in [0.25, 0.3) is 20.8 Å². The first-order valence-corrected chi connectivity index (χ1v) is 13.0. The Morgan fingerprint density at radius 2 is 1.97 bits per heavy atom. The maximum absolute atomic E-state index is 12.5. The molecule has 10 heteroatoms. The van der Waals surface area contributed by atoms with E-state index in [-0.39, 0.29) is 17.2 Å². The second-order valence-corrected chi connectivity index (χ2v) is 10.6. The molecule has 0 aliphatic heterocycles. The molecule has 0 radical (unpaired) electrons. The Balaban J connectivity index is 1.47. The van der Waals surface area contributed by atoms with Crippen molar-refractivity contribution in [3.8, 4) is 16.3 Å². The second kappa shape index (κ2) is 8.74. The molecule has 0 aliphatic carbocycles. The predicted molar refractivity (Wildman–Crippen MR) is 124 cm³/mol. The summed E-state index contributed by atoms with van der Waals surface area (Å²) in [4.78, 5) is 21.7. The number of para-hydroxylation sites is 1. The molecule has 2 aromatic heterocycles. The fourth-order valence-corrected chi connectivity index (χ4v) is 5.45. The molecule has 0 atom stereocenters. The van der Waals surface area contributed by atoms with Gasteiger partial charge in [0.2, 0.25) is 5.91 Å². The highest BCUT2D eigenvalue weighted by Crippen LogP contribution is 2.32. The van der Waals surface area contributed by atoms with Gasteiger partial charge in [-0.1, -0.05) is 23.5 Å². The molecule has 2 heterocycles. The number of carbonyl (C=O) groups is 1. The summed E-state index contributed by atoms with van der Waals surface area (Å²) in [6.45, 7) is 2.49. The number of amides is 1. The van der Waals surface area contributed by atoms with Crippen molar-refractivity contribution in [2.45, 2.75) is 18.2 Å². The van der Waals surface area contributed by atoms with Crippen LogP contribution in [0.4, 0.5) is 5.13 Å². The number of ether oxygens (including phenoxy) is 1. The number of thiazole rings is 2. The van der Waals surface area contributed by atoms with Gasteiger partial charge in [0.15, 0.2) is 15.0 Å². The molecule has 7 nitrogen and oxygen atoms in total. The molecule has 0 bridgehead atoms. The van der Waals surface area contributed by atoms with Crippen LogP contribution in [0.5, 0.6) is 5.75 Å². The van der Waals surface area contributed by atoms with Gasteiger partial charge in [-0.25, -0.2) is 18.4 Å². The molecule has 0 spiro atoms. The number of hydrogen-bond acceptors (Lipinski definition) is 8. The summed E-state index contributed by atoms with van der Waals surface area (Å²) in [5.41, 5.74) is 2.19. The molecule has 4 rings (SSSR count). The van der Waals surface area contributed by atoms with E-state index in [0.29, 0.717) is 27.6 Å². The third kappa shape index (κ3) is 4.92. The standard InChI is InChI=1S/C21H19N3O4S3/c1-3-28-17-7-5-4-6-15(17)20-22-13(12-29-20)10-19(25)24-21-23-16-9-8-14(31(2,26)27)11-18(16)30-21/h4-9,11-12H,3,10H2,1-2H3,(H,23,24,25). The van der Waals surface area contributed by atoms with Gasteiger partial charge in [0.25, 0.3) is 0 Å². The summed E-state index contributed by atoms with van der Waals surface area (Å²) in [5, 5.41) is 5.84. The zero-order chi connectivity index (χ0) is 22.0. The lowest BCUT2D eigenvalue weighted by atomic mass is 10.2. The number of benzene rings is 2. The van der Waals surface area contributed by atoms with Gasteiger partial charge >= 0.3 is 0 Å². The summed E-state index contributed by atoms with van der Waals surface area (Å²) < 4.78 is 29.8. The van der Waals surface area contributed by atoms with Crippen LogP contribution in [-0.2, 0) is 21.1 Å². The van der Waals surface area contributed by atoms with Crippen molar-refractivity contribution >= 4 is 53.8 Å². The smallest absolute Gasteiger partial charge is 0.232 e. The van der Waals surface area contributed by atoms with Gasteiger partial charge < -0.3 is 10.1 Å². The van der Waals surface area contributed by atoms with Gasteiger partial charge in [0, 0.05) is 11.6 Å². The monoisotopic (exact) mass is 473 g/mol. The molecule has 4 aromatic rings. The Hall–Kier alpha value is -2.82. The zero-order valence-corrected chi connectivity index (χ0v) is 19.2. The fraction of sp³-hybridized carbons (Fsp3) is 0.190. The highest BCUT2D eigenvalue weighted by molar-refractivity contribution is 7.90. The van der Waals surface area contributed by atoms with Gasteiger partial charge in [-0.15, -0.1) is 11.3 Å². The SMILES string of the molecule is CCOc1ccccc1-c1nc(CC(=O)Nc2nc3ccc(S(C)(=O)=O)cc3s2)cs1. The first-order valence-electron chi connectivity index (χ1n) is 9.40. The predicted octanol–water partition coefficient (Wildman–Crippen LogP) is 4.40. The minimum absolute atomic E-state index is 0.109. The van der Waals surface area contributed by atoms with Gasteiger partial charge in [-0.2, -0.15) is 0 Å². The van der Waals surface area contributed by atoms with Crippen molar-refractivity contribution in [3.63, 3.8) is 0 Å². The minimum Gasteiger partial charge on any atom is -0.493 e. The van der Waals surface area contributed by atoms with Crippen molar-refractivity contribution in [2.75, 3.05) is 18.2 Å². The number of hydrogen-bond donors (Lipinski definition) is 1. The van der Waals surface area contributed by atoms with Crippen LogP contribution in [0.2, 0.25) is 0 Å². The topological polar surface area (TPSA) is 98.2 Å². The number of fused-ring (bicyclic) bond motifs is 1. The van der Waals surface area contributed by atoms with Crippen LogP contribution < -0.4 is 10.1 Å². The Morgan fingerprint density at radius 3 is 2.74 bits per heavy atom. The molecular weight excluding hydrogens is 454 g/mol. The second-order valence-electron chi connectivity index (χ2n) is 6.72. The average Bonchev–Trinajstić information content (AvgIpc) is 3.33. The van der Waals surface area contributed by atoms with Crippen LogP contribution >= 0.6 is 22.7 Å². The summed E-state index contributed by atoms with van der Waals surface area (Å²) >= 11 is 2.69. The fourth-order valence-electron chi connectivity index (χ4n) is 2.95. The Bertz CT molecular complexity index is 1360. The third-order valence-corrected chi connectivity index (χ3v) is 7.31. The summed E-state index contributed by atoms with van der Waals surface area (Å²) in [5.74, 6) is 0.524. The van der Waals surface area contributed by atoms with Crippen molar-refractivity contribution in [1.82, 2.24) is 9.97 Å². The zero-order valence-electron chi connectivity index (χ0n) is 16.8. The van der Waals surface area contributed by atoms with Crippen LogP contribution in [0.1, 0.15) is 12.6 Å². The van der Waals surface area contributed by atoms with E-state index >= 15 is 0 Å². The molecule has 0 saturated heterocycles. The largest absolute Gasteiger partial charge is 0.493 e. The molecular formula is C21H19N3O4S3. The molecule has 0 saturated carbocycles. The maximum Gasteiger partial charge on any atom is 0.232 e. The Morgan fingerprint density at radius 1 is 1.16 bits per heavy atom. The number of carbonyl (C=O) groups excluding carboxylic acids is 1. The first kappa shape index (κ1) is 21.4. The highest BCUT2D eigenvalue weighted by atomic mass is 32.2. The van der Waals surface area contributed by atoms with Crippen LogP contribution in [0.15, 0.2) is 52.7 Å². The average molecular weight is 474 g/mol. The van der Waals surface area contributed by atoms with E-state index in [1.165, 1.54) is 28.7 Å². The lowest BCUT2D eigenvalue weighted by Gasteiger charge is -2.07. The van der Waals surface area contributed by atoms with Crippen molar-refractivity contribution in [1.29, 1.82) is 0 Å². The molecule has 2 aromatic carbocycles. The molecule has 0 unspecified atom stereocenters. The van der Waals surface area contributed by atoms with Crippen molar-refractivity contribution < 1.29 is 17.9 Å². The molecule has 31 heavy (non-hydrogen) atoms. The van der Waals surface area contributed by atoms with Gasteiger partial charge in [-0.05, 0) is 37.3 Å². The van der Waals surface area contributed by atoms with Gasteiger partial charge in [0.1, 0.15) is 10.8 Å². The quantitative estimate of drug-likeness (QED) is 0.427. The van der Waals surface area contributed by atoms with Crippen LogP contribution in [0, 0.1) is 0 Å². The molecule has 0 aliphatic rings. The molecule has 160 valence electrons. The van der Waals surface area contributed by atoms with E-state index in [2.05, 4.69) is 15.3 Å². The lowest BCUT2D eigenvalue weighted by Crippen LogP contribution is -2.14. The van der Waals surface area contributed by atoms with Crippen LogP contribution in [-0.4, -0.2) is 37.2 Å². The number of nitrogens with one attached hydrogen (secondary N) is 1. The lowest BCUT2D eigenvalue weighted by molar-refractivity contribution is -0.115. The van der Waals surface area contributed by atoms with Crippen molar-refractivity contribution in [3.05, 3.63) is 53.5 Å². The maximum atomic E-state index is 12.5. The first-order chi connectivity index (χ1) is 14.8. The van der Waals surface area contributed by atoms with E-state index < -0.39 is 9.84 Å². The van der Waals surface area contributed by atoms with Gasteiger partial charge in [0.05, 0.1) is 39.4 Å². The van der Waals surface area contributed by atoms with E-state index in [4.69, 9.17) is 4.74 Å². The third-order valence-electron chi connectivity index (χ3n) is 4.35. The van der Waals surface area contributed by atoms with E-state index in [0.717, 1.165) is 22.6 Å². The van der Waals surface area contributed by atoms with Gasteiger partial charge in [-0.3, -0.25) is 4.79 Å². The van der Waals surface area contributed by atoms with E-state index in [1.807, 2.05) is 36.6 Å². The number of nitrogens with zero attached hydrogens (tertiary/aromatic N) is 2. The number of aromatic nitrogens is 2. The summed E-state index contributed by atoms with van der Waals surface area (Å²) in [7, 11) is -3.30. The van der Waals surface area contributed by atoms with Crippen molar-refractivity contribution in [2.24, 2.45) is 0 Å². The summed E-state index contributed by atoms with van der Waals surface area (Å²) in [6, 6.07) is 12.4. The summed E-state index contributed by atoms with van der Waals surface area (Å²) in [6.07, 6.45) is 1.27. The molecule has 1 amide bonds. The van der Waals surface area contributed by atoms with E-state index in [9.17, 15) is 13.2 Å². The van der Waals surface area contributed by atoms with E-state index in [1.54, 1.807) is 12.1 Å². The normalized spacial score (nSPS) is 11.5. The molecule has 0 fully saturated rings. The number of sulfone groups is 1. The Labute approximate surface area is 187 Å². The number of rotatable bonds is 7. The number of anilines is 1. The highest BCUT2D eigenvalue weighted by Gasteiger charge is 2.15.